The van der Waals surface area contributed by atoms with Crippen molar-refractivity contribution in [2.45, 2.75) is 12.5 Å². The molecule has 0 fully saturated rings. The molecule has 3 aromatic heterocycles. The van der Waals surface area contributed by atoms with Gasteiger partial charge in [0.15, 0.2) is 0 Å². The zero-order valence-electron chi connectivity index (χ0n) is 11.1. The van der Waals surface area contributed by atoms with Crippen LogP contribution >= 0.6 is 34.0 Å². The van der Waals surface area contributed by atoms with Gasteiger partial charge in [0, 0.05) is 21.7 Å². The van der Waals surface area contributed by atoms with E-state index in [2.05, 4.69) is 27.9 Å². The van der Waals surface area contributed by atoms with Gasteiger partial charge in [0.05, 0.1) is 11.6 Å². The second kappa shape index (κ2) is 5.36. The third-order valence-electron chi connectivity index (χ3n) is 3.69. The molecular formula is C15H12N2OS3. The maximum Gasteiger partial charge on any atom is 0.274 e. The first-order valence-corrected chi connectivity index (χ1v) is 9.33. The van der Waals surface area contributed by atoms with Crippen molar-refractivity contribution in [1.82, 2.24) is 9.88 Å². The van der Waals surface area contributed by atoms with Gasteiger partial charge in [0.2, 0.25) is 0 Å². The SMILES string of the molecule is O=C(c1cscn1)N1CCc2sccc2[C@@H]1c1cccs1. The van der Waals surface area contributed by atoms with E-state index >= 15 is 0 Å². The Labute approximate surface area is 134 Å². The lowest BCUT2D eigenvalue weighted by Gasteiger charge is -2.35. The average molecular weight is 332 g/mol. The van der Waals surface area contributed by atoms with E-state index < -0.39 is 0 Å². The standard InChI is InChI=1S/C15H12N2OS3/c18-15(11-8-19-9-16-11)17-5-3-12-10(4-7-21-12)14(17)13-2-1-6-20-13/h1-2,4,6-9,14H,3,5H2/t14-/m1/s1. The number of nitrogens with zero attached hydrogens (tertiary/aromatic N) is 2. The van der Waals surface area contributed by atoms with Crippen LogP contribution in [0.4, 0.5) is 0 Å². The Morgan fingerprint density at radius 3 is 3.00 bits per heavy atom. The Morgan fingerprint density at radius 2 is 2.24 bits per heavy atom. The summed E-state index contributed by atoms with van der Waals surface area (Å²) in [5, 5.41) is 6.03. The fourth-order valence-electron chi connectivity index (χ4n) is 2.75. The van der Waals surface area contributed by atoms with Crippen LogP contribution in [-0.4, -0.2) is 22.3 Å². The van der Waals surface area contributed by atoms with E-state index in [0.717, 1.165) is 13.0 Å². The zero-order valence-corrected chi connectivity index (χ0v) is 13.5. The van der Waals surface area contributed by atoms with Crippen LogP contribution < -0.4 is 0 Å². The fraction of sp³-hybridized carbons (Fsp3) is 0.200. The van der Waals surface area contributed by atoms with Crippen molar-refractivity contribution >= 4 is 39.9 Å². The number of fused-ring (bicyclic) bond motifs is 1. The first-order valence-electron chi connectivity index (χ1n) is 6.63. The molecule has 3 aromatic rings. The van der Waals surface area contributed by atoms with Gasteiger partial charge in [-0.15, -0.1) is 34.0 Å². The Balaban J connectivity index is 1.78. The van der Waals surface area contributed by atoms with E-state index in [4.69, 9.17) is 0 Å². The molecule has 0 radical (unpaired) electrons. The lowest BCUT2D eigenvalue weighted by atomic mass is 9.98. The summed E-state index contributed by atoms with van der Waals surface area (Å²) in [5.41, 5.74) is 3.55. The molecular weight excluding hydrogens is 320 g/mol. The molecule has 1 amide bonds. The minimum Gasteiger partial charge on any atom is -0.325 e. The topological polar surface area (TPSA) is 33.2 Å². The van der Waals surface area contributed by atoms with Crippen LogP contribution in [0.25, 0.3) is 0 Å². The van der Waals surface area contributed by atoms with E-state index in [9.17, 15) is 4.79 Å². The molecule has 21 heavy (non-hydrogen) atoms. The van der Waals surface area contributed by atoms with Gasteiger partial charge >= 0.3 is 0 Å². The predicted octanol–water partition coefficient (Wildman–Crippen LogP) is 4.05. The van der Waals surface area contributed by atoms with Crippen LogP contribution in [0.5, 0.6) is 0 Å². The number of thiophene rings is 2. The molecule has 3 nitrogen and oxygen atoms in total. The minimum absolute atomic E-state index is 0.0338. The van der Waals surface area contributed by atoms with E-state index in [1.807, 2.05) is 16.3 Å². The van der Waals surface area contributed by atoms with Crippen molar-refractivity contribution in [2.75, 3.05) is 6.54 Å². The third-order valence-corrected chi connectivity index (χ3v) is 6.20. The number of carbonyl (C=O) groups is 1. The molecule has 0 bridgehead atoms. The fourth-order valence-corrected chi connectivity index (χ4v) is 5.04. The maximum absolute atomic E-state index is 12.8. The smallest absolute Gasteiger partial charge is 0.274 e. The van der Waals surface area contributed by atoms with Crippen LogP contribution in [-0.2, 0) is 6.42 Å². The highest BCUT2D eigenvalue weighted by molar-refractivity contribution is 7.10. The van der Waals surface area contributed by atoms with Crippen LogP contribution in [0.1, 0.15) is 31.8 Å². The Morgan fingerprint density at radius 1 is 1.29 bits per heavy atom. The monoisotopic (exact) mass is 332 g/mol. The van der Waals surface area contributed by atoms with Crippen LogP contribution in [0.2, 0.25) is 0 Å². The van der Waals surface area contributed by atoms with Gasteiger partial charge in [0.1, 0.15) is 5.69 Å². The molecule has 106 valence electrons. The summed E-state index contributed by atoms with van der Waals surface area (Å²) in [6.45, 7) is 0.756. The summed E-state index contributed by atoms with van der Waals surface area (Å²) < 4.78 is 0. The van der Waals surface area contributed by atoms with Crippen molar-refractivity contribution in [3.05, 3.63) is 60.9 Å². The van der Waals surface area contributed by atoms with Gasteiger partial charge < -0.3 is 4.90 Å². The quantitative estimate of drug-likeness (QED) is 0.709. The Bertz CT molecular complexity index is 746. The molecule has 1 aliphatic rings. The van der Waals surface area contributed by atoms with Crippen LogP contribution in [0.3, 0.4) is 0 Å². The molecule has 0 spiro atoms. The van der Waals surface area contributed by atoms with E-state index in [1.165, 1.54) is 26.7 Å². The van der Waals surface area contributed by atoms with Crippen molar-refractivity contribution in [3.63, 3.8) is 0 Å². The first kappa shape index (κ1) is 13.2. The summed E-state index contributed by atoms with van der Waals surface area (Å²) in [6.07, 6.45) is 0.935. The third kappa shape index (κ3) is 2.23. The van der Waals surface area contributed by atoms with Crippen LogP contribution in [0.15, 0.2) is 39.8 Å². The van der Waals surface area contributed by atoms with Crippen molar-refractivity contribution in [3.8, 4) is 0 Å². The summed E-state index contributed by atoms with van der Waals surface area (Å²) in [4.78, 5) is 21.5. The molecule has 6 heteroatoms. The van der Waals surface area contributed by atoms with Crippen molar-refractivity contribution in [2.24, 2.45) is 0 Å². The number of thiazole rings is 1. The molecule has 0 saturated carbocycles. The Hall–Kier alpha value is -1.50. The molecule has 0 aromatic carbocycles. The highest BCUT2D eigenvalue weighted by Crippen LogP contribution is 2.40. The summed E-state index contributed by atoms with van der Waals surface area (Å²) in [7, 11) is 0. The van der Waals surface area contributed by atoms with Gasteiger partial charge in [0.25, 0.3) is 5.91 Å². The minimum atomic E-state index is 0.0338. The average Bonchev–Trinajstić information content (AvgIpc) is 3.25. The Kier molecular flexibility index (Phi) is 3.37. The lowest BCUT2D eigenvalue weighted by molar-refractivity contribution is 0.0693. The second-order valence-electron chi connectivity index (χ2n) is 4.84. The number of aromatic nitrogens is 1. The molecule has 0 saturated heterocycles. The number of hydrogen-bond donors (Lipinski definition) is 0. The maximum atomic E-state index is 12.8. The lowest BCUT2D eigenvalue weighted by Crippen LogP contribution is -2.39. The number of rotatable bonds is 2. The number of hydrogen-bond acceptors (Lipinski definition) is 5. The van der Waals surface area contributed by atoms with E-state index in [1.54, 1.807) is 28.2 Å². The predicted molar refractivity (Wildman–Crippen MR) is 87.3 cm³/mol. The van der Waals surface area contributed by atoms with Gasteiger partial charge in [-0.1, -0.05) is 6.07 Å². The largest absolute Gasteiger partial charge is 0.325 e. The summed E-state index contributed by atoms with van der Waals surface area (Å²) >= 11 is 4.96. The molecule has 1 aliphatic heterocycles. The normalized spacial score (nSPS) is 17.7. The zero-order chi connectivity index (χ0) is 14.2. The molecule has 0 unspecified atom stereocenters. The van der Waals surface area contributed by atoms with Gasteiger partial charge in [-0.05, 0) is 34.9 Å². The van der Waals surface area contributed by atoms with Crippen molar-refractivity contribution in [1.29, 1.82) is 0 Å². The molecule has 0 aliphatic carbocycles. The molecule has 0 N–H and O–H groups in total. The van der Waals surface area contributed by atoms with E-state index in [-0.39, 0.29) is 11.9 Å². The highest BCUT2D eigenvalue weighted by Gasteiger charge is 2.34. The van der Waals surface area contributed by atoms with Gasteiger partial charge in [-0.2, -0.15) is 0 Å². The summed E-state index contributed by atoms with van der Waals surface area (Å²) in [6, 6.07) is 6.36. The molecule has 4 rings (SSSR count). The van der Waals surface area contributed by atoms with E-state index in [0.29, 0.717) is 5.69 Å². The second-order valence-corrected chi connectivity index (χ2v) is 7.54. The highest BCUT2D eigenvalue weighted by atomic mass is 32.1. The first-order chi connectivity index (χ1) is 10.3. The van der Waals surface area contributed by atoms with Gasteiger partial charge in [-0.3, -0.25) is 4.79 Å². The van der Waals surface area contributed by atoms with Crippen LogP contribution in [0, 0.1) is 0 Å². The number of carbonyl (C=O) groups excluding carboxylic acids is 1. The summed E-state index contributed by atoms with van der Waals surface area (Å²) in [5.74, 6) is 0.0338. The van der Waals surface area contributed by atoms with Crippen molar-refractivity contribution < 1.29 is 4.79 Å². The number of amides is 1. The van der Waals surface area contributed by atoms with Gasteiger partial charge in [-0.25, -0.2) is 4.98 Å². The molecule has 1 atom stereocenters. The molecule has 4 heterocycles.